The van der Waals surface area contributed by atoms with Gasteiger partial charge in [-0.25, -0.2) is 4.79 Å². The maximum Gasteiger partial charge on any atom is 0.345 e. The number of carbonyl (C=O) groups is 1. The molecule has 0 spiro atoms. The molecule has 1 aromatic heterocycles. The fourth-order valence-corrected chi connectivity index (χ4v) is 3.05. The zero-order chi connectivity index (χ0) is 18.7. The molecule has 2 aromatic carbocycles. The Bertz CT molecular complexity index is 985. The van der Waals surface area contributed by atoms with Crippen LogP contribution in [0.4, 0.5) is 5.69 Å². The van der Waals surface area contributed by atoms with Gasteiger partial charge in [0.1, 0.15) is 5.58 Å². The molecule has 26 heavy (non-hydrogen) atoms. The lowest BCUT2D eigenvalue weighted by atomic mass is 10.0. The van der Waals surface area contributed by atoms with E-state index in [-0.39, 0.29) is 16.8 Å². The molecule has 5 heteroatoms. The van der Waals surface area contributed by atoms with Crippen LogP contribution in [0.3, 0.4) is 0 Å². The number of nitrogens with zero attached hydrogens (tertiary/aromatic N) is 1. The number of rotatable bonds is 5. The molecule has 3 rings (SSSR count). The number of ether oxygens (including phenoxy) is 1. The van der Waals surface area contributed by atoms with Crippen LogP contribution in [0.25, 0.3) is 22.3 Å². The van der Waals surface area contributed by atoms with Crippen LogP contribution < -0.4 is 10.3 Å². The quantitative estimate of drug-likeness (QED) is 0.648. The monoisotopic (exact) mass is 351 g/mol. The van der Waals surface area contributed by atoms with Crippen molar-refractivity contribution in [1.29, 1.82) is 0 Å². The van der Waals surface area contributed by atoms with Gasteiger partial charge in [-0.15, -0.1) is 0 Å². The molecule has 0 radical (unpaired) electrons. The van der Waals surface area contributed by atoms with Crippen LogP contribution in [0, 0.1) is 0 Å². The molecule has 1 heterocycles. The second-order valence-electron chi connectivity index (χ2n) is 5.84. The average Bonchev–Trinajstić information content (AvgIpc) is 2.69. The fraction of sp³-hybridized carbons (Fsp3) is 0.238. The second kappa shape index (κ2) is 7.44. The molecule has 5 nitrogen and oxygen atoms in total. The van der Waals surface area contributed by atoms with E-state index in [2.05, 4.69) is 18.7 Å². The summed E-state index contributed by atoms with van der Waals surface area (Å²) in [5.41, 5.74) is 1.70. The van der Waals surface area contributed by atoms with Crippen LogP contribution in [-0.2, 0) is 4.74 Å². The molecule has 0 bridgehead atoms. The fourth-order valence-electron chi connectivity index (χ4n) is 3.05. The zero-order valence-corrected chi connectivity index (χ0v) is 15.1. The minimum atomic E-state index is -0.702. The van der Waals surface area contributed by atoms with E-state index in [0.29, 0.717) is 16.5 Å². The van der Waals surface area contributed by atoms with Crippen molar-refractivity contribution in [3.63, 3.8) is 0 Å². The van der Waals surface area contributed by atoms with Gasteiger partial charge in [-0.05, 0) is 50.2 Å². The Balaban J connectivity index is 2.20. The summed E-state index contributed by atoms with van der Waals surface area (Å²) in [7, 11) is 1.25. The van der Waals surface area contributed by atoms with Crippen LogP contribution >= 0.6 is 0 Å². The number of fused-ring (bicyclic) bond motifs is 1. The van der Waals surface area contributed by atoms with Crippen molar-refractivity contribution in [3.8, 4) is 11.3 Å². The molecule has 0 N–H and O–H groups in total. The molecule has 0 aliphatic heterocycles. The van der Waals surface area contributed by atoms with Crippen molar-refractivity contribution in [2.24, 2.45) is 0 Å². The number of carbonyl (C=O) groups excluding carboxylic acids is 1. The Morgan fingerprint density at radius 2 is 1.69 bits per heavy atom. The van der Waals surface area contributed by atoms with Crippen molar-refractivity contribution in [2.75, 3.05) is 25.1 Å². The number of anilines is 1. The van der Waals surface area contributed by atoms with Crippen LogP contribution in [-0.4, -0.2) is 26.2 Å². The third-order valence-electron chi connectivity index (χ3n) is 4.45. The standard InChI is InChI=1S/C21H21NO4/c1-4-22(5-2)15-12-10-14(11-13-15)20-18(21(24)25-3)19(23)16-8-6-7-9-17(16)26-20/h6-13H,4-5H2,1-3H3. The summed E-state index contributed by atoms with van der Waals surface area (Å²) in [5.74, 6) is -0.473. The topological polar surface area (TPSA) is 59.8 Å². The molecule has 0 aliphatic carbocycles. The summed E-state index contributed by atoms with van der Waals surface area (Å²) in [4.78, 5) is 27.3. The third kappa shape index (κ3) is 3.08. The minimum Gasteiger partial charge on any atom is -0.465 e. The lowest BCUT2D eigenvalue weighted by Crippen LogP contribution is -2.21. The third-order valence-corrected chi connectivity index (χ3v) is 4.45. The van der Waals surface area contributed by atoms with Gasteiger partial charge >= 0.3 is 5.97 Å². The van der Waals surface area contributed by atoms with Gasteiger partial charge in [0.2, 0.25) is 5.43 Å². The van der Waals surface area contributed by atoms with Crippen LogP contribution in [0.1, 0.15) is 24.2 Å². The molecule has 0 amide bonds. The second-order valence-corrected chi connectivity index (χ2v) is 5.84. The summed E-state index contributed by atoms with van der Waals surface area (Å²) in [6.45, 7) is 5.98. The van der Waals surface area contributed by atoms with Crippen LogP contribution in [0.2, 0.25) is 0 Å². The first kappa shape index (κ1) is 17.7. The Morgan fingerprint density at radius 1 is 1.04 bits per heavy atom. The van der Waals surface area contributed by atoms with Crippen LogP contribution in [0.15, 0.2) is 57.7 Å². The first-order valence-electron chi connectivity index (χ1n) is 8.60. The smallest absolute Gasteiger partial charge is 0.345 e. The minimum absolute atomic E-state index is 0.0817. The van der Waals surface area contributed by atoms with Crippen molar-refractivity contribution < 1.29 is 13.9 Å². The van der Waals surface area contributed by atoms with Gasteiger partial charge in [0.25, 0.3) is 0 Å². The van der Waals surface area contributed by atoms with E-state index >= 15 is 0 Å². The molecule has 0 atom stereocenters. The lowest BCUT2D eigenvalue weighted by Gasteiger charge is -2.21. The highest BCUT2D eigenvalue weighted by atomic mass is 16.5. The predicted molar refractivity (Wildman–Crippen MR) is 103 cm³/mol. The van der Waals surface area contributed by atoms with E-state index in [1.54, 1.807) is 24.3 Å². The number of benzene rings is 2. The van der Waals surface area contributed by atoms with Gasteiger partial charge in [0.15, 0.2) is 11.3 Å². The predicted octanol–water partition coefficient (Wildman–Crippen LogP) is 4.09. The van der Waals surface area contributed by atoms with E-state index in [1.165, 1.54) is 7.11 Å². The SMILES string of the molecule is CCN(CC)c1ccc(-c2oc3ccccc3c(=O)c2C(=O)OC)cc1. The van der Waals surface area contributed by atoms with E-state index in [9.17, 15) is 9.59 Å². The number of para-hydroxylation sites is 1. The van der Waals surface area contributed by atoms with Crippen molar-refractivity contribution in [1.82, 2.24) is 0 Å². The number of hydrogen-bond acceptors (Lipinski definition) is 5. The molecule has 0 unspecified atom stereocenters. The molecule has 3 aromatic rings. The van der Waals surface area contributed by atoms with Crippen molar-refractivity contribution >= 4 is 22.6 Å². The highest BCUT2D eigenvalue weighted by Crippen LogP contribution is 2.28. The molecule has 0 saturated heterocycles. The Labute approximate surface area is 151 Å². The first-order valence-corrected chi connectivity index (χ1v) is 8.60. The van der Waals surface area contributed by atoms with E-state index < -0.39 is 5.97 Å². The number of methoxy groups -OCH3 is 1. The molecular weight excluding hydrogens is 330 g/mol. The maximum atomic E-state index is 12.8. The molecular formula is C21H21NO4. The van der Waals surface area contributed by atoms with E-state index in [1.807, 2.05) is 24.3 Å². The van der Waals surface area contributed by atoms with Gasteiger partial charge in [-0.1, -0.05) is 12.1 Å². The van der Waals surface area contributed by atoms with Crippen molar-refractivity contribution in [3.05, 3.63) is 64.3 Å². The number of hydrogen-bond donors (Lipinski definition) is 0. The zero-order valence-electron chi connectivity index (χ0n) is 15.1. The maximum absolute atomic E-state index is 12.8. The van der Waals surface area contributed by atoms with Gasteiger partial charge < -0.3 is 14.1 Å². The molecule has 134 valence electrons. The van der Waals surface area contributed by atoms with Gasteiger partial charge in [0.05, 0.1) is 12.5 Å². The largest absolute Gasteiger partial charge is 0.465 e. The Morgan fingerprint density at radius 3 is 2.31 bits per heavy atom. The summed E-state index contributed by atoms with van der Waals surface area (Å²) in [6, 6.07) is 14.5. The van der Waals surface area contributed by atoms with E-state index in [0.717, 1.165) is 18.8 Å². The number of esters is 1. The molecule has 0 aliphatic rings. The average molecular weight is 351 g/mol. The first-order chi connectivity index (χ1) is 12.6. The molecule has 0 saturated carbocycles. The van der Waals surface area contributed by atoms with Gasteiger partial charge in [0, 0.05) is 24.3 Å². The summed E-state index contributed by atoms with van der Waals surface area (Å²) in [5, 5.41) is 0.358. The lowest BCUT2D eigenvalue weighted by molar-refractivity contribution is 0.0598. The Kier molecular flexibility index (Phi) is 5.07. The van der Waals surface area contributed by atoms with E-state index in [4.69, 9.17) is 9.15 Å². The Hall–Kier alpha value is -3.08. The summed E-state index contributed by atoms with van der Waals surface area (Å²) in [6.07, 6.45) is 0. The highest BCUT2D eigenvalue weighted by molar-refractivity contribution is 5.99. The van der Waals surface area contributed by atoms with Gasteiger partial charge in [-0.3, -0.25) is 4.79 Å². The highest BCUT2D eigenvalue weighted by Gasteiger charge is 2.22. The van der Waals surface area contributed by atoms with Crippen LogP contribution in [0.5, 0.6) is 0 Å². The summed E-state index contributed by atoms with van der Waals surface area (Å²) < 4.78 is 10.7. The molecule has 0 fully saturated rings. The van der Waals surface area contributed by atoms with Crippen molar-refractivity contribution in [2.45, 2.75) is 13.8 Å². The van der Waals surface area contributed by atoms with Gasteiger partial charge in [-0.2, -0.15) is 0 Å². The normalized spacial score (nSPS) is 10.7. The summed E-state index contributed by atoms with van der Waals surface area (Å²) >= 11 is 0.